The Morgan fingerprint density at radius 3 is 2.12 bits per heavy atom. The van der Waals surface area contributed by atoms with Crippen molar-refractivity contribution < 1.29 is 14.9 Å². The molecule has 1 fully saturated rings. The van der Waals surface area contributed by atoms with E-state index in [-0.39, 0.29) is 23.6 Å². The topological polar surface area (TPSA) is 88.4 Å². The zero-order valence-electron chi connectivity index (χ0n) is 18.5. The van der Waals surface area contributed by atoms with E-state index in [2.05, 4.69) is 35.3 Å². The first kappa shape index (κ1) is 20.4. The van der Waals surface area contributed by atoms with Gasteiger partial charge in [0.15, 0.2) is 11.6 Å². The average molecular weight is 450 g/mol. The highest BCUT2D eigenvalue weighted by molar-refractivity contribution is 6.13. The summed E-state index contributed by atoms with van der Waals surface area (Å²) >= 11 is 0. The minimum Gasteiger partial charge on any atom is -0.508 e. The molecule has 6 rings (SSSR count). The van der Waals surface area contributed by atoms with Crippen molar-refractivity contribution in [3.05, 3.63) is 72.8 Å². The molecule has 5 aromatic rings. The normalized spacial score (nSPS) is 14.1. The third-order valence-electron chi connectivity index (χ3n) is 6.42. The highest BCUT2D eigenvalue weighted by Crippen LogP contribution is 2.36. The van der Waals surface area contributed by atoms with Gasteiger partial charge in [0.2, 0.25) is 0 Å². The van der Waals surface area contributed by atoms with Crippen LogP contribution in [-0.4, -0.2) is 31.3 Å². The lowest BCUT2D eigenvalue weighted by Gasteiger charge is -2.15. The molecule has 1 aliphatic rings. The highest BCUT2D eigenvalue weighted by Gasteiger charge is 2.21. The molecule has 4 aromatic carbocycles. The van der Waals surface area contributed by atoms with Crippen molar-refractivity contribution in [3.8, 4) is 40.3 Å². The minimum absolute atomic E-state index is 0.0292. The van der Waals surface area contributed by atoms with Crippen LogP contribution in [0.1, 0.15) is 25.7 Å². The molecule has 1 aliphatic carbocycles. The number of hydrogen-bond donors (Lipinski definition) is 2. The molecule has 6 nitrogen and oxygen atoms in total. The zero-order valence-corrected chi connectivity index (χ0v) is 18.5. The molecule has 0 spiro atoms. The molecule has 0 radical (unpaired) electrons. The molecule has 6 heteroatoms. The Hall–Kier alpha value is -4.19. The maximum atomic E-state index is 10.5. The number of phenols is 2. The first-order chi connectivity index (χ1) is 16.7. The van der Waals surface area contributed by atoms with E-state index in [1.165, 1.54) is 12.1 Å². The lowest BCUT2D eigenvalue weighted by atomic mass is 9.97. The van der Waals surface area contributed by atoms with Gasteiger partial charge < -0.3 is 14.9 Å². The second-order valence-electron chi connectivity index (χ2n) is 8.68. The van der Waals surface area contributed by atoms with Gasteiger partial charge in [-0.05, 0) is 65.4 Å². The molecule has 1 aromatic heterocycles. The molecule has 0 aliphatic heterocycles. The van der Waals surface area contributed by atoms with Gasteiger partial charge >= 0.3 is 6.01 Å². The quantitative estimate of drug-likeness (QED) is 0.316. The van der Waals surface area contributed by atoms with Crippen LogP contribution >= 0.6 is 0 Å². The van der Waals surface area contributed by atoms with Gasteiger partial charge in [0.25, 0.3) is 0 Å². The molecule has 0 saturated heterocycles. The molecule has 2 N–H and O–H groups in total. The average Bonchev–Trinajstić information content (AvgIpc) is 3.36. The van der Waals surface area contributed by atoms with Crippen LogP contribution in [0, 0.1) is 0 Å². The van der Waals surface area contributed by atoms with Gasteiger partial charge in [-0.1, -0.05) is 48.5 Å². The van der Waals surface area contributed by atoms with Crippen LogP contribution in [0.2, 0.25) is 0 Å². The fourth-order valence-corrected chi connectivity index (χ4v) is 4.75. The van der Waals surface area contributed by atoms with Gasteiger partial charge in [-0.2, -0.15) is 9.97 Å². The van der Waals surface area contributed by atoms with Crippen molar-refractivity contribution in [2.75, 3.05) is 0 Å². The summed E-state index contributed by atoms with van der Waals surface area (Å²) in [5.41, 5.74) is 1.27. The van der Waals surface area contributed by atoms with Gasteiger partial charge in [-0.15, -0.1) is 0 Å². The van der Waals surface area contributed by atoms with E-state index in [1.807, 2.05) is 24.3 Å². The van der Waals surface area contributed by atoms with Crippen LogP contribution in [0.4, 0.5) is 0 Å². The minimum atomic E-state index is -0.104. The molecule has 1 saturated carbocycles. The lowest BCUT2D eigenvalue weighted by Crippen LogP contribution is -2.14. The van der Waals surface area contributed by atoms with Gasteiger partial charge in [-0.25, -0.2) is 4.98 Å². The first-order valence-electron chi connectivity index (χ1n) is 11.5. The predicted octanol–water partition coefficient (Wildman–Crippen LogP) is 6.24. The standard InChI is InChI=1S/C28H23N3O3/c32-18-13-14-23(25(33)16-18)26-29-27(31-28(30-26)34-19-8-2-3-9-19)24-15-17-7-1-4-10-20(17)21-11-5-6-12-22(21)24/h1,4-7,10-16,19,32-33H,2-3,8-9H2. The molecule has 1 heterocycles. The van der Waals surface area contributed by atoms with E-state index in [0.717, 1.165) is 52.8 Å². The number of nitrogens with zero attached hydrogens (tertiary/aromatic N) is 3. The molecular weight excluding hydrogens is 426 g/mol. The molecule has 0 atom stereocenters. The number of aromatic hydroxyl groups is 2. The molecule has 34 heavy (non-hydrogen) atoms. The van der Waals surface area contributed by atoms with E-state index < -0.39 is 0 Å². The smallest absolute Gasteiger partial charge is 0.320 e. The zero-order chi connectivity index (χ0) is 23.1. The summed E-state index contributed by atoms with van der Waals surface area (Å²) in [6.45, 7) is 0. The number of phenolic OH excluding ortho intramolecular Hbond substituents is 2. The van der Waals surface area contributed by atoms with E-state index in [9.17, 15) is 10.2 Å². The van der Waals surface area contributed by atoms with Gasteiger partial charge in [-0.3, -0.25) is 0 Å². The fourth-order valence-electron chi connectivity index (χ4n) is 4.75. The third-order valence-corrected chi connectivity index (χ3v) is 6.42. The number of ether oxygens (including phenoxy) is 1. The van der Waals surface area contributed by atoms with Crippen molar-refractivity contribution in [1.29, 1.82) is 0 Å². The monoisotopic (exact) mass is 449 g/mol. The first-order valence-corrected chi connectivity index (χ1v) is 11.5. The second kappa shape index (κ2) is 8.30. The van der Waals surface area contributed by atoms with Crippen molar-refractivity contribution in [3.63, 3.8) is 0 Å². The van der Waals surface area contributed by atoms with Crippen LogP contribution in [0.25, 0.3) is 44.3 Å². The van der Waals surface area contributed by atoms with E-state index in [4.69, 9.17) is 14.7 Å². The lowest BCUT2D eigenvalue weighted by molar-refractivity contribution is 0.192. The van der Waals surface area contributed by atoms with Gasteiger partial charge in [0, 0.05) is 11.6 Å². The Kier molecular flexibility index (Phi) is 4.99. The second-order valence-corrected chi connectivity index (χ2v) is 8.68. The maximum Gasteiger partial charge on any atom is 0.320 e. The van der Waals surface area contributed by atoms with E-state index in [0.29, 0.717) is 17.2 Å². The molecule has 0 unspecified atom stereocenters. The van der Waals surface area contributed by atoms with Gasteiger partial charge in [0.05, 0.1) is 5.56 Å². The Labute approximate surface area is 196 Å². The Morgan fingerprint density at radius 1 is 0.676 bits per heavy atom. The Balaban J connectivity index is 1.59. The Bertz CT molecular complexity index is 1530. The number of benzene rings is 4. The SMILES string of the molecule is Oc1ccc(-c2nc(OC3CCCC3)nc(-c3cc4ccccc4c4ccccc34)n2)c(O)c1. The maximum absolute atomic E-state index is 10.5. The van der Waals surface area contributed by atoms with Crippen LogP contribution in [0.3, 0.4) is 0 Å². The summed E-state index contributed by atoms with van der Waals surface area (Å²) in [6.07, 6.45) is 4.27. The third kappa shape index (κ3) is 3.67. The van der Waals surface area contributed by atoms with Crippen molar-refractivity contribution in [1.82, 2.24) is 15.0 Å². The van der Waals surface area contributed by atoms with Crippen LogP contribution < -0.4 is 4.74 Å². The number of fused-ring (bicyclic) bond motifs is 3. The van der Waals surface area contributed by atoms with Crippen molar-refractivity contribution >= 4 is 21.5 Å². The largest absolute Gasteiger partial charge is 0.508 e. The molecule has 0 amide bonds. The van der Waals surface area contributed by atoms with Gasteiger partial charge in [0.1, 0.15) is 17.6 Å². The van der Waals surface area contributed by atoms with E-state index >= 15 is 0 Å². The summed E-state index contributed by atoms with van der Waals surface area (Å²) in [5, 5.41) is 24.6. The summed E-state index contributed by atoms with van der Waals surface area (Å²) in [6, 6.07) is 23.2. The summed E-state index contributed by atoms with van der Waals surface area (Å²) < 4.78 is 6.17. The molecular formula is C28H23N3O3. The predicted molar refractivity (Wildman–Crippen MR) is 132 cm³/mol. The van der Waals surface area contributed by atoms with Crippen LogP contribution in [-0.2, 0) is 0 Å². The van der Waals surface area contributed by atoms with Crippen LogP contribution in [0.5, 0.6) is 17.5 Å². The summed E-state index contributed by atoms with van der Waals surface area (Å²) in [4.78, 5) is 14.0. The Morgan fingerprint density at radius 2 is 1.35 bits per heavy atom. The summed E-state index contributed by atoms with van der Waals surface area (Å²) in [7, 11) is 0. The van der Waals surface area contributed by atoms with E-state index in [1.54, 1.807) is 6.07 Å². The summed E-state index contributed by atoms with van der Waals surface area (Å²) in [5.74, 6) is 0.644. The molecule has 168 valence electrons. The van der Waals surface area contributed by atoms with Crippen molar-refractivity contribution in [2.24, 2.45) is 0 Å². The van der Waals surface area contributed by atoms with Crippen LogP contribution in [0.15, 0.2) is 72.8 Å². The highest BCUT2D eigenvalue weighted by atomic mass is 16.5. The number of aromatic nitrogens is 3. The number of hydrogen-bond acceptors (Lipinski definition) is 6. The number of rotatable bonds is 4. The fraction of sp³-hybridized carbons (Fsp3) is 0.179. The molecule has 0 bridgehead atoms. The van der Waals surface area contributed by atoms with Crippen molar-refractivity contribution in [2.45, 2.75) is 31.8 Å².